The number of nitrogens with two attached hydrogens (primary N) is 1. The Bertz CT molecular complexity index is 506. The quantitative estimate of drug-likeness (QED) is 0.894. The first kappa shape index (κ1) is 13.5. The molecular formula is C15H19N3O. The second kappa shape index (κ2) is 6.29. The molecule has 2 aromatic rings. The Labute approximate surface area is 113 Å². The van der Waals surface area contributed by atoms with E-state index in [-0.39, 0.29) is 0 Å². The smallest absolute Gasteiger partial charge is 0.233 e. The van der Waals surface area contributed by atoms with Gasteiger partial charge in [0, 0.05) is 12.6 Å². The summed E-state index contributed by atoms with van der Waals surface area (Å²) < 4.78 is 5.60. The molecule has 0 saturated carbocycles. The van der Waals surface area contributed by atoms with Crippen LogP contribution in [0.4, 0.5) is 0 Å². The van der Waals surface area contributed by atoms with Crippen LogP contribution in [-0.2, 0) is 13.2 Å². The van der Waals surface area contributed by atoms with Gasteiger partial charge in [-0.15, -0.1) is 5.10 Å². The average Bonchev–Trinajstić information content (AvgIpc) is 2.46. The molecule has 0 aliphatic heterocycles. The Morgan fingerprint density at radius 1 is 1.00 bits per heavy atom. The summed E-state index contributed by atoms with van der Waals surface area (Å²) in [5, 5.41) is 8.18. The first-order valence-corrected chi connectivity index (χ1v) is 6.43. The fraction of sp³-hybridized carbons (Fsp3) is 0.333. The largest absolute Gasteiger partial charge is 0.472 e. The summed E-state index contributed by atoms with van der Waals surface area (Å²) in [4.78, 5) is 0. The first-order valence-electron chi connectivity index (χ1n) is 6.43. The van der Waals surface area contributed by atoms with Gasteiger partial charge in [0.1, 0.15) is 6.61 Å². The highest BCUT2D eigenvalue weighted by Gasteiger charge is 2.03. The highest BCUT2D eigenvalue weighted by molar-refractivity contribution is 5.22. The van der Waals surface area contributed by atoms with Crippen LogP contribution in [0, 0.1) is 0 Å². The molecule has 0 fully saturated rings. The predicted octanol–water partition coefficient (Wildman–Crippen LogP) is 2.64. The molecule has 0 saturated heterocycles. The molecule has 1 aromatic carbocycles. The molecule has 100 valence electrons. The number of hydrogen-bond donors (Lipinski definition) is 1. The van der Waals surface area contributed by atoms with Crippen LogP contribution in [0.5, 0.6) is 5.88 Å². The summed E-state index contributed by atoms with van der Waals surface area (Å²) in [5.74, 6) is 0.928. The standard InChI is InChI=1S/C15H19N3O/c1-11(2)14-7-8-15(18-17-14)19-10-13-5-3-12(9-16)4-6-13/h3-8,11H,9-10,16H2,1-2H3. The number of ether oxygens (including phenoxy) is 1. The van der Waals surface area contributed by atoms with E-state index in [0.717, 1.165) is 16.8 Å². The van der Waals surface area contributed by atoms with E-state index in [0.29, 0.717) is 24.9 Å². The van der Waals surface area contributed by atoms with E-state index in [1.54, 1.807) is 0 Å². The van der Waals surface area contributed by atoms with E-state index >= 15 is 0 Å². The van der Waals surface area contributed by atoms with Crippen LogP contribution >= 0.6 is 0 Å². The van der Waals surface area contributed by atoms with Gasteiger partial charge in [0.05, 0.1) is 5.69 Å². The normalized spacial score (nSPS) is 10.7. The minimum atomic E-state index is 0.380. The molecule has 4 nitrogen and oxygen atoms in total. The van der Waals surface area contributed by atoms with Crippen molar-refractivity contribution in [3.63, 3.8) is 0 Å². The van der Waals surface area contributed by atoms with Crippen molar-refractivity contribution in [1.82, 2.24) is 10.2 Å². The molecule has 0 bridgehead atoms. The second-order valence-electron chi connectivity index (χ2n) is 4.76. The summed E-state index contributed by atoms with van der Waals surface area (Å²) >= 11 is 0. The lowest BCUT2D eigenvalue weighted by atomic mass is 10.1. The van der Waals surface area contributed by atoms with Crippen molar-refractivity contribution in [3.8, 4) is 5.88 Å². The molecule has 1 heterocycles. The van der Waals surface area contributed by atoms with Crippen molar-refractivity contribution in [2.75, 3.05) is 0 Å². The Morgan fingerprint density at radius 2 is 1.68 bits per heavy atom. The van der Waals surface area contributed by atoms with Gasteiger partial charge in [0.2, 0.25) is 5.88 Å². The Balaban J connectivity index is 1.94. The number of rotatable bonds is 5. The minimum Gasteiger partial charge on any atom is -0.472 e. The SMILES string of the molecule is CC(C)c1ccc(OCc2ccc(CN)cc2)nn1. The monoisotopic (exact) mass is 257 g/mol. The van der Waals surface area contributed by atoms with E-state index in [2.05, 4.69) is 24.0 Å². The molecule has 0 spiro atoms. The Kier molecular flexibility index (Phi) is 4.47. The van der Waals surface area contributed by atoms with Crippen LogP contribution in [-0.4, -0.2) is 10.2 Å². The van der Waals surface area contributed by atoms with Crippen molar-refractivity contribution in [2.24, 2.45) is 5.73 Å². The number of hydrogen-bond acceptors (Lipinski definition) is 4. The second-order valence-corrected chi connectivity index (χ2v) is 4.76. The van der Waals surface area contributed by atoms with Crippen LogP contribution in [0.1, 0.15) is 36.6 Å². The van der Waals surface area contributed by atoms with Gasteiger partial charge in [-0.1, -0.05) is 38.1 Å². The summed E-state index contributed by atoms with van der Waals surface area (Å²) in [7, 11) is 0. The third-order valence-corrected chi connectivity index (χ3v) is 2.90. The lowest BCUT2D eigenvalue weighted by molar-refractivity contribution is 0.289. The summed E-state index contributed by atoms with van der Waals surface area (Å²) in [6, 6.07) is 11.8. The fourth-order valence-electron chi connectivity index (χ4n) is 1.64. The van der Waals surface area contributed by atoms with Gasteiger partial charge in [-0.05, 0) is 23.1 Å². The van der Waals surface area contributed by atoms with Crippen LogP contribution in [0.15, 0.2) is 36.4 Å². The molecule has 2 rings (SSSR count). The van der Waals surface area contributed by atoms with Gasteiger partial charge in [0.25, 0.3) is 0 Å². The van der Waals surface area contributed by atoms with Crippen molar-refractivity contribution in [2.45, 2.75) is 32.9 Å². The number of aromatic nitrogens is 2. The average molecular weight is 257 g/mol. The van der Waals surface area contributed by atoms with Crippen LogP contribution in [0.2, 0.25) is 0 Å². The molecule has 2 N–H and O–H groups in total. The first-order chi connectivity index (χ1) is 9.19. The summed E-state index contributed by atoms with van der Waals surface area (Å²) in [5.41, 5.74) is 8.73. The van der Waals surface area contributed by atoms with Crippen LogP contribution in [0.3, 0.4) is 0 Å². The fourth-order valence-corrected chi connectivity index (χ4v) is 1.64. The van der Waals surface area contributed by atoms with Gasteiger partial charge < -0.3 is 10.5 Å². The summed E-state index contributed by atoms with van der Waals surface area (Å²) in [6.07, 6.45) is 0. The highest BCUT2D eigenvalue weighted by atomic mass is 16.5. The topological polar surface area (TPSA) is 61.0 Å². The zero-order chi connectivity index (χ0) is 13.7. The highest BCUT2D eigenvalue weighted by Crippen LogP contribution is 2.14. The molecule has 4 heteroatoms. The van der Waals surface area contributed by atoms with Gasteiger partial charge in [-0.25, -0.2) is 0 Å². The molecule has 0 aliphatic carbocycles. The lowest BCUT2D eigenvalue weighted by Crippen LogP contribution is -2.01. The third kappa shape index (κ3) is 3.76. The van der Waals surface area contributed by atoms with Crippen molar-refractivity contribution in [3.05, 3.63) is 53.2 Å². The van der Waals surface area contributed by atoms with E-state index in [4.69, 9.17) is 10.5 Å². The maximum Gasteiger partial charge on any atom is 0.233 e. The Morgan fingerprint density at radius 3 is 2.21 bits per heavy atom. The number of nitrogens with zero attached hydrogens (tertiary/aromatic N) is 2. The maximum atomic E-state index is 5.60. The van der Waals surface area contributed by atoms with Gasteiger partial charge in [-0.3, -0.25) is 0 Å². The predicted molar refractivity (Wildman–Crippen MR) is 74.8 cm³/mol. The Hall–Kier alpha value is -1.94. The van der Waals surface area contributed by atoms with Crippen molar-refractivity contribution >= 4 is 0 Å². The zero-order valence-electron chi connectivity index (χ0n) is 11.3. The lowest BCUT2D eigenvalue weighted by Gasteiger charge is -2.07. The van der Waals surface area contributed by atoms with Crippen LogP contribution in [0.25, 0.3) is 0 Å². The molecule has 0 aliphatic rings. The molecular weight excluding hydrogens is 238 g/mol. The molecule has 0 amide bonds. The van der Waals surface area contributed by atoms with E-state index in [9.17, 15) is 0 Å². The van der Waals surface area contributed by atoms with E-state index in [1.807, 2.05) is 36.4 Å². The molecule has 1 aromatic heterocycles. The minimum absolute atomic E-state index is 0.380. The van der Waals surface area contributed by atoms with E-state index < -0.39 is 0 Å². The van der Waals surface area contributed by atoms with Crippen molar-refractivity contribution in [1.29, 1.82) is 0 Å². The molecule has 0 radical (unpaired) electrons. The maximum absolute atomic E-state index is 5.60. The van der Waals surface area contributed by atoms with Crippen LogP contribution < -0.4 is 10.5 Å². The van der Waals surface area contributed by atoms with Crippen molar-refractivity contribution < 1.29 is 4.74 Å². The van der Waals surface area contributed by atoms with Gasteiger partial charge >= 0.3 is 0 Å². The molecule has 0 unspecified atom stereocenters. The summed E-state index contributed by atoms with van der Waals surface area (Å²) in [6.45, 7) is 5.22. The van der Waals surface area contributed by atoms with Gasteiger partial charge in [-0.2, -0.15) is 5.10 Å². The van der Waals surface area contributed by atoms with E-state index in [1.165, 1.54) is 0 Å². The third-order valence-electron chi connectivity index (χ3n) is 2.90. The van der Waals surface area contributed by atoms with Gasteiger partial charge in [0.15, 0.2) is 0 Å². The zero-order valence-corrected chi connectivity index (χ0v) is 11.3. The number of benzene rings is 1. The molecule has 19 heavy (non-hydrogen) atoms. The molecule has 0 atom stereocenters.